The molecule has 4 rings (SSSR count). The lowest BCUT2D eigenvalue weighted by atomic mass is 10.0. The molecule has 0 aliphatic rings. The Hall–Kier alpha value is -3.28. The predicted octanol–water partition coefficient (Wildman–Crippen LogP) is 3.09. The molecule has 6 heteroatoms. The van der Waals surface area contributed by atoms with Crippen LogP contribution >= 0.6 is 0 Å². The fourth-order valence-corrected chi connectivity index (χ4v) is 2.64. The number of aromatic amines is 1. The van der Waals surface area contributed by atoms with Crippen LogP contribution in [0.15, 0.2) is 55.4 Å². The van der Waals surface area contributed by atoms with Gasteiger partial charge in [0.25, 0.3) is 0 Å². The second-order valence-corrected chi connectivity index (χ2v) is 4.97. The molecule has 0 saturated heterocycles. The molecule has 1 N–H and O–H groups in total. The Morgan fingerprint density at radius 3 is 2.70 bits per heavy atom. The molecular weight excluding hydrogens is 290 g/mol. The van der Waals surface area contributed by atoms with Crippen LogP contribution in [0.2, 0.25) is 0 Å². The number of nitrogens with one attached hydrogen (secondary N) is 1. The molecule has 0 fully saturated rings. The fraction of sp³-hybridized carbons (Fsp3) is 0.0588. The summed E-state index contributed by atoms with van der Waals surface area (Å²) in [6.07, 6.45) is 8.70. The number of aromatic nitrogens is 5. The van der Waals surface area contributed by atoms with Crippen molar-refractivity contribution in [1.82, 2.24) is 24.9 Å². The molecule has 0 bridgehead atoms. The normalized spacial score (nSPS) is 10.8. The molecule has 0 radical (unpaired) electrons. The van der Waals surface area contributed by atoms with Gasteiger partial charge in [0.15, 0.2) is 0 Å². The van der Waals surface area contributed by atoms with E-state index in [-0.39, 0.29) is 0 Å². The summed E-state index contributed by atoms with van der Waals surface area (Å²) in [5.74, 6) is 0.576. The van der Waals surface area contributed by atoms with Crippen molar-refractivity contribution in [3.8, 4) is 28.3 Å². The molecule has 112 valence electrons. The molecule has 0 aliphatic carbocycles. The van der Waals surface area contributed by atoms with Gasteiger partial charge in [-0.3, -0.25) is 0 Å². The van der Waals surface area contributed by atoms with E-state index in [4.69, 9.17) is 4.74 Å². The second kappa shape index (κ2) is 5.49. The maximum Gasteiger partial charge on any atom is 0.213 e. The summed E-state index contributed by atoms with van der Waals surface area (Å²) in [5, 5.41) is 1.01. The van der Waals surface area contributed by atoms with Crippen LogP contribution in [0.5, 0.6) is 5.88 Å². The van der Waals surface area contributed by atoms with Crippen molar-refractivity contribution >= 4 is 11.0 Å². The van der Waals surface area contributed by atoms with Gasteiger partial charge in [-0.2, -0.15) is 0 Å². The summed E-state index contributed by atoms with van der Waals surface area (Å²) in [7, 11) is 1.61. The largest absolute Gasteiger partial charge is 0.481 e. The summed E-state index contributed by atoms with van der Waals surface area (Å²) in [4.78, 5) is 20.1. The fourth-order valence-electron chi connectivity index (χ4n) is 2.64. The van der Waals surface area contributed by atoms with Crippen LogP contribution in [0.1, 0.15) is 0 Å². The number of methoxy groups -OCH3 is 1. The summed E-state index contributed by atoms with van der Waals surface area (Å²) in [6, 6.07) is 7.72. The maximum absolute atomic E-state index is 5.23. The number of nitrogens with zero attached hydrogens (tertiary/aromatic N) is 4. The number of hydrogen-bond acceptors (Lipinski definition) is 5. The maximum atomic E-state index is 5.23. The molecule has 4 aromatic rings. The molecule has 6 nitrogen and oxygen atoms in total. The van der Waals surface area contributed by atoms with E-state index < -0.39 is 0 Å². The zero-order valence-electron chi connectivity index (χ0n) is 12.4. The van der Waals surface area contributed by atoms with Crippen molar-refractivity contribution in [1.29, 1.82) is 0 Å². The molecule has 0 aliphatic heterocycles. The lowest BCUT2D eigenvalue weighted by molar-refractivity contribution is 0.398. The molecule has 0 spiro atoms. The SMILES string of the molecule is COc1cc(-c2ccnc3[nH]cc(-c4ccncn4)c23)ccn1. The predicted molar refractivity (Wildman–Crippen MR) is 86.9 cm³/mol. The molecule has 23 heavy (non-hydrogen) atoms. The van der Waals surface area contributed by atoms with Crippen LogP contribution in [0, 0.1) is 0 Å². The highest BCUT2D eigenvalue weighted by molar-refractivity contribution is 6.03. The highest BCUT2D eigenvalue weighted by atomic mass is 16.5. The smallest absolute Gasteiger partial charge is 0.213 e. The highest BCUT2D eigenvalue weighted by Crippen LogP contribution is 2.35. The zero-order valence-corrected chi connectivity index (χ0v) is 12.4. The van der Waals surface area contributed by atoms with Gasteiger partial charge >= 0.3 is 0 Å². The Kier molecular flexibility index (Phi) is 3.20. The van der Waals surface area contributed by atoms with Gasteiger partial charge in [-0.05, 0) is 29.3 Å². The lowest BCUT2D eigenvalue weighted by Gasteiger charge is -2.07. The monoisotopic (exact) mass is 303 g/mol. The number of hydrogen-bond donors (Lipinski definition) is 1. The number of fused-ring (bicyclic) bond motifs is 1. The first kappa shape index (κ1) is 13.4. The van der Waals surface area contributed by atoms with E-state index in [2.05, 4.69) is 24.9 Å². The van der Waals surface area contributed by atoms with Gasteiger partial charge in [0, 0.05) is 41.8 Å². The quantitative estimate of drug-likeness (QED) is 0.629. The van der Waals surface area contributed by atoms with E-state index in [1.165, 1.54) is 0 Å². The molecule has 0 aromatic carbocycles. The van der Waals surface area contributed by atoms with Gasteiger partial charge in [-0.15, -0.1) is 0 Å². The summed E-state index contributed by atoms with van der Waals surface area (Å²) in [6.45, 7) is 0. The van der Waals surface area contributed by atoms with Gasteiger partial charge < -0.3 is 9.72 Å². The first-order valence-corrected chi connectivity index (χ1v) is 7.09. The van der Waals surface area contributed by atoms with Crippen molar-refractivity contribution in [3.05, 3.63) is 55.4 Å². The number of ether oxygens (including phenoxy) is 1. The van der Waals surface area contributed by atoms with Crippen molar-refractivity contribution in [2.75, 3.05) is 7.11 Å². The number of pyridine rings is 2. The third-order valence-corrected chi connectivity index (χ3v) is 3.69. The topological polar surface area (TPSA) is 76.6 Å². The second-order valence-electron chi connectivity index (χ2n) is 4.97. The molecule has 0 unspecified atom stereocenters. The lowest BCUT2D eigenvalue weighted by Crippen LogP contribution is -1.89. The molecule has 0 saturated carbocycles. The van der Waals surface area contributed by atoms with Gasteiger partial charge in [-0.25, -0.2) is 19.9 Å². The Morgan fingerprint density at radius 2 is 1.87 bits per heavy atom. The van der Waals surface area contributed by atoms with Crippen LogP contribution in [0.3, 0.4) is 0 Å². The van der Waals surface area contributed by atoms with E-state index in [9.17, 15) is 0 Å². The molecule has 0 amide bonds. The Labute approximate surface area is 132 Å². The van der Waals surface area contributed by atoms with Crippen LogP contribution < -0.4 is 4.74 Å². The van der Waals surface area contributed by atoms with E-state index in [0.29, 0.717) is 5.88 Å². The molecule has 4 aromatic heterocycles. The average molecular weight is 303 g/mol. The summed E-state index contributed by atoms with van der Waals surface area (Å²) in [5.41, 5.74) is 4.71. The van der Waals surface area contributed by atoms with Gasteiger partial charge in [0.1, 0.15) is 12.0 Å². The Bertz CT molecular complexity index is 965. The van der Waals surface area contributed by atoms with E-state index >= 15 is 0 Å². The number of H-pyrrole nitrogens is 1. The molecular formula is C17H13N5O. The van der Waals surface area contributed by atoms with Crippen molar-refractivity contribution in [2.24, 2.45) is 0 Å². The molecule has 4 heterocycles. The van der Waals surface area contributed by atoms with Gasteiger partial charge in [0.2, 0.25) is 5.88 Å². The van der Waals surface area contributed by atoms with E-state index in [0.717, 1.165) is 33.4 Å². The van der Waals surface area contributed by atoms with Crippen molar-refractivity contribution in [2.45, 2.75) is 0 Å². The van der Waals surface area contributed by atoms with Crippen LogP contribution in [0.25, 0.3) is 33.4 Å². The summed E-state index contributed by atoms with van der Waals surface area (Å²) >= 11 is 0. The van der Waals surface area contributed by atoms with Crippen LogP contribution in [-0.4, -0.2) is 32.0 Å². The zero-order chi connectivity index (χ0) is 15.6. The van der Waals surface area contributed by atoms with Crippen molar-refractivity contribution in [3.63, 3.8) is 0 Å². The number of rotatable bonds is 3. The average Bonchev–Trinajstić information content (AvgIpc) is 3.06. The van der Waals surface area contributed by atoms with Crippen LogP contribution in [0.4, 0.5) is 0 Å². The third-order valence-electron chi connectivity index (χ3n) is 3.69. The van der Waals surface area contributed by atoms with E-state index in [1.54, 1.807) is 32.0 Å². The Morgan fingerprint density at radius 1 is 0.957 bits per heavy atom. The van der Waals surface area contributed by atoms with Gasteiger partial charge in [0.05, 0.1) is 12.8 Å². The minimum atomic E-state index is 0.576. The third kappa shape index (κ3) is 2.30. The minimum absolute atomic E-state index is 0.576. The van der Waals surface area contributed by atoms with Crippen LogP contribution in [-0.2, 0) is 0 Å². The highest BCUT2D eigenvalue weighted by Gasteiger charge is 2.14. The Balaban J connectivity index is 1.98. The first-order chi connectivity index (χ1) is 11.4. The molecule has 0 atom stereocenters. The first-order valence-electron chi connectivity index (χ1n) is 7.09. The van der Waals surface area contributed by atoms with Gasteiger partial charge in [-0.1, -0.05) is 0 Å². The summed E-state index contributed by atoms with van der Waals surface area (Å²) < 4.78 is 5.23. The minimum Gasteiger partial charge on any atom is -0.481 e. The standard InChI is InChI=1S/C17H13N5O/c1-23-15-8-11(2-6-19-15)12-3-7-20-17-16(12)13(9-21-17)14-4-5-18-10-22-14/h2-10H,1H3,(H,20,21). The van der Waals surface area contributed by atoms with E-state index in [1.807, 2.05) is 30.5 Å². The van der Waals surface area contributed by atoms with Crippen molar-refractivity contribution < 1.29 is 4.74 Å².